The van der Waals surface area contributed by atoms with Crippen LogP contribution in [0.2, 0.25) is 0 Å². The van der Waals surface area contributed by atoms with Crippen molar-refractivity contribution >= 4 is 5.97 Å². The number of hydrogen-bond acceptors (Lipinski definition) is 8. The first kappa shape index (κ1) is 22.1. The average Bonchev–Trinajstić information content (AvgIpc) is 2.87. The van der Waals surface area contributed by atoms with E-state index in [1.807, 2.05) is 0 Å². The Morgan fingerprint density at radius 1 is 1.07 bits per heavy atom. The van der Waals surface area contributed by atoms with Crippen LogP contribution in [0.1, 0.15) is 25.7 Å². The van der Waals surface area contributed by atoms with Gasteiger partial charge in [0.25, 0.3) is 0 Å². The molecule has 8 nitrogen and oxygen atoms in total. The molecule has 9 unspecified atom stereocenters. The predicted molar refractivity (Wildman–Crippen MR) is 102 cm³/mol. The van der Waals surface area contributed by atoms with E-state index in [4.69, 9.17) is 9.47 Å². The largest absolute Gasteiger partial charge is 0.429 e. The summed E-state index contributed by atoms with van der Waals surface area (Å²) >= 11 is 0. The second kappa shape index (κ2) is 8.67. The first-order chi connectivity index (χ1) is 13.6. The fourth-order valence-electron chi connectivity index (χ4n) is 4.63. The van der Waals surface area contributed by atoms with Crippen molar-refractivity contribution in [1.82, 2.24) is 0 Å². The van der Waals surface area contributed by atoms with E-state index in [9.17, 15) is 30.3 Å². The summed E-state index contributed by atoms with van der Waals surface area (Å²) in [6.45, 7) is 11.4. The lowest BCUT2D eigenvalue weighted by Gasteiger charge is -2.39. The van der Waals surface area contributed by atoms with Crippen LogP contribution in [0, 0.1) is 17.8 Å². The fourth-order valence-corrected chi connectivity index (χ4v) is 4.63. The van der Waals surface area contributed by atoms with Gasteiger partial charge in [-0.1, -0.05) is 25.3 Å². The molecule has 0 aromatic carbocycles. The molecular weight excluding hydrogens is 380 g/mol. The molecule has 3 aliphatic rings. The number of carbonyl (C=O) groups is 1. The summed E-state index contributed by atoms with van der Waals surface area (Å²) in [5.41, 5.74) is 1.98. The van der Waals surface area contributed by atoms with E-state index in [0.717, 1.165) is 11.1 Å². The molecule has 1 heterocycles. The third kappa shape index (κ3) is 4.19. The van der Waals surface area contributed by atoms with Gasteiger partial charge in [0.05, 0.1) is 12.7 Å². The molecule has 0 aromatic rings. The molecule has 0 radical (unpaired) electrons. The van der Waals surface area contributed by atoms with Gasteiger partial charge in [0.15, 0.2) is 0 Å². The summed E-state index contributed by atoms with van der Waals surface area (Å²) in [7, 11) is 0. The van der Waals surface area contributed by atoms with Crippen LogP contribution in [0.4, 0.5) is 0 Å². The molecule has 0 aromatic heterocycles. The van der Waals surface area contributed by atoms with Crippen molar-refractivity contribution < 1.29 is 39.8 Å². The van der Waals surface area contributed by atoms with Gasteiger partial charge in [-0.15, -0.1) is 0 Å². The Balaban J connectivity index is 1.67. The first-order valence-corrected chi connectivity index (χ1v) is 9.90. The molecule has 162 valence electrons. The molecule has 9 atom stereocenters. The second-order valence-electron chi connectivity index (χ2n) is 8.30. The van der Waals surface area contributed by atoms with E-state index in [0.29, 0.717) is 25.7 Å². The summed E-state index contributed by atoms with van der Waals surface area (Å²) < 4.78 is 10.4. The summed E-state index contributed by atoms with van der Waals surface area (Å²) in [5.74, 6) is -0.854. The molecule has 8 heteroatoms. The van der Waals surface area contributed by atoms with Crippen LogP contribution >= 0.6 is 0 Å². The highest BCUT2D eigenvalue weighted by molar-refractivity contribution is 5.88. The van der Waals surface area contributed by atoms with E-state index in [1.54, 1.807) is 0 Å². The van der Waals surface area contributed by atoms with Crippen molar-refractivity contribution in [2.45, 2.75) is 62.5 Å². The Morgan fingerprint density at radius 3 is 2.41 bits per heavy atom. The zero-order valence-corrected chi connectivity index (χ0v) is 16.3. The number of hydrogen-bond donors (Lipinski definition) is 5. The van der Waals surface area contributed by atoms with Gasteiger partial charge in [-0.05, 0) is 49.0 Å². The zero-order chi connectivity index (χ0) is 21.5. The number of fused-ring (bicyclic) bond motifs is 1. The monoisotopic (exact) mass is 410 g/mol. The Morgan fingerprint density at radius 2 is 1.76 bits per heavy atom. The van der Waals surface area contributed by atoms with E-state index in [1.165, 1.54) is 0 Å². The Bertz CT molecular complexity index is 686. The normalized spacial score (nSPS) is 42.9. The summed E-state index contributed by atoms with van der Waals surface area (Å²) in [4.78, 5) is 12.7. The summed E-state index contributed by atoms with van der Waals surface area (Å²) in [6.07, 6.45) is -5.57. The highest BCUT2D eigenvalue weighted by Crippen LogP contribution is 2.48. The predicted octanol–water partition coefficient (Wildman–Crippen LogP) is -0.205. The molecule has 1 saturated heterocycles. The van der Waals surface area contributed by atoms with Gasteiger partial charge >= 0.3 is 5.97 Å². The topological polar surface area (TPSA) is 137 Å². The van der Waals surface area contributed by atoms with Crippen LogP contribution < -0.4 is 0 Å². The maximum Gasteiger partial charge on any atom is 0.336 e. The number of esters is 1. The molecule has 0 bridgehead atoms. The van der Waals surface area contributed by atoms with Gasteiger partial charge in [-0.3, -0.25) is 0 Å². The van der Waals surface area contributed by atoms with Gasteiger partial charge < -0.3 is 35.0 Å². The molecule has 3 rings (SSSR count). The van der Waals surface area contributed by atoms with Gasteiger partial charge in [0, 0.05) is 5.57 Å². The summed E-state index contributed by atoms with van der Waals surface area (Å²) in [6, 6.07) is 0. The molecule has 29 heavy (non-hydrogen) atoms. The second-order valence-corrected chi connectivity index (χ2v) is 8.30. The molecule has 5 N–H and O–H groups in total. The van der Waals surface area contributed by atoms with Crippen LogP contribution in [0.3, 0.4) is 0 Å². The number of ether oxygens (including phenoxy) is 2. The summed E-state index contributed by atoms with van der Waals surface area (Å²) in [5, 5.41) is 49.1. The number of allylic oxidation sites excluding steroid dienone is 1. The van der Waals surface area contributed by atoms with E-state index >= 15 is 0 Å². The van der Waals surface area contributed by atoms with Crippen molar-refractivity contribution in [3.8, 4) is 0 Å². The Labute approximate surface area is 169 Å². The van der Waals surface area contributed by atoms with Crippen LogP contribution in [-0.4, -0.2) is 74.9 Å². The lowest BCUT2D eigenvalue weighted by atomic mass is 9.83. The lowest BCUT2D eigenvalue weighted by Crippen LogP contribution is -2.59. The number of carbonyl (C=O) groups excluding carboxylic acids is 1. The van der Waals surface area contributed by atoms with Crippen molar-refractivity contribution in [1.29, 1.82) is 0 Å². The SMILES string of the molecule is C=C(C(=O)OC1OC(CO)C(O)C(O)C1O)C1CCC(=C)C2CC(O)C(=C)C2C1. The minimum Gasteiger partial charge on any atom is -0.429 e. The van der Waals surface area contributed by atoms with E-state index in [2.05, 4.69) is 19.7 Å². The quantitative estimate of drug-likeness (QED) is 0.244. The maximum atomic E-state index is 12.7. The van der Waals surface area contributed by atoms with Gasteiger partial charge in [0.1, 0.15) is 24.4 Å². The molecule has 2 saturated carbocycles. The third-order valence-corrected chi connectivity index (χ3v) is 6.57. The van der Waals surface area contributed by atoms with Crippen LogP contribution in [0.15, 0.2) is 36.5 Å². The average molecular weight is 410 g/mol. The highest BCUT2D eigenvalue weighted by Gasteiger charge is 2.46. The fraction of sp³-hybridized carbons (Fsp3) is 0.667. The molecule has 3 fully saturated rings. The van der Waals surface area contributed by atoms with Crippen molar-refractivity contribution in [2.75, 3.05) is 6.61 Å². The number of rotatable bonds is 4. The minimum atomic E-state index is -1.66. The molecule has 2 aliphatic carbocycles. The van der Waals surface area contributed by atoms with E-state index in [-0.39, 0.29) is 23.3 Å². The van der Waals surface area contributed by atoms with Crippen LogP contribution in [-0.2, 0) is 14.3 Å². The molecule has 0 spiro atoms. The van der Waals surface area contributed by atoms with Crippen molar-refractivity contribution in [3.05, 3.63) is 36.5 Å². The number of aliphatic hydroxyl groups is 5. The van der Waals surface area contributed by atoms with Crippen molar-refractivity contribution in [3.63, 3.8) is 0 Å². The highest BCUT2D eigenvalue weighted by atomic mass is 16.7. The van der Waals surface area contributed by atoms with Gasteiger partial charge in [0.2, 0.25) is 6.29 Å². The Hall–Kier alpha value is -1.55. The standard InChI is InChI=1S/C21H30O8/c1-9-4-5-12(6-14-11(3)15(23)7-13(9)14)10(2)20(27)29-21-19(26)18(25)17(24)16(8-22)28-21/h12-19,21-26H,1-8H2. The molecule has 1 aliphatic heterocycles. The minimum absolute atomic E-state index is 0.0156. The zero-order valence-electron chi connectivity index (χ0n) is 16.3. The van der Waals surface area contributed by atoms with Crippen molar-refractivity contribution in [2.24, 2.45) is 17.8 Å². The molecule has 0 amide bonds. The Kier molecular flexibility index (Phi) is 6.62. The first-order valence-electron chi connectivity index (χ1n) is 9.90. The van der Waals surface area contributed by atoms with Crippen LogP contribution in [0.5, 0.6) is 0 Å². The van der Waals surface area contributed by atoms with Gasteiger partial charge in [-0.25, -0.2) is 4.79 Å². The number of aliphatic hydroxyl groups excluding tert-OH is 5. The smallest absolute Gasteiger partial charge is 0.336 e. The third-order valence-electron chi connectivity index (χ3n) is 6.57. The van der Waals surface area contributed by atoms with E-state index < -0.39 is 49.4 Å². The maximum absolute atomic E-state index is 12.7. The van der Waals surface area contributed by atoms with Crippen LogP contribution in [0.25, 0.3) is 0 Å². The van der Waals surface area contributed by atoms with Gasteiger partial charge in [-0.2, -0.15) is 0 Å². The lowest BCUT2D eigenvalue weighted by molar-refractivity contribution is -0.291. The molecular formula is C21H30O8.